The normalized spacial score (nSPS) is 10.8. The predicted octanol–water partition coefficient (Wildman–Crippen LogP) is 2.81. The Bertz CT molecular complexity index is 626. The highest BCUT2D eigenvalue weighted by molar-refractivity contribution is 5.84. The summed E-state index contributed by atoms with van der Waals surface area (Å²) in [7, 11) is 0. The Kier molecular flexibility index (Phi) is 1.90. The number of nitrogens with two attached hydrogens (primary N) is 1. The Morgan fingerprint density at radius 2 is 1.88 bits per heavy atom. The van der Waals surface area contributed by atoms with Crippen LogP contribution in [-0.2, 0) is 0 Å². The summed E-state index contributed by atoms with van der Waals surface area (Å²) in [4.78, 5) is 7.52. The molecule has 0 bridgehead atoms. The lowest BCUT2D eigenvalue weighted by molar-refractivity contribution is 1.33. The van der Waals surface area contributed by atoms with Gasteiger partial charge in [0.25, 0.3) is 0 Å². The fourth-order valence-electron chi connectivity index (χ4n) is 1.81. The molecule has 78 valence electrons. The quantitative estimate of drug-likeness (QED) is 0.647. The lowest BCUT2D eigenvalue weighted by Crippen LogP contribution is -1.85. The van der Waals surface area contributed by atoms with E-state index in [2.05, 4.69) is 28.2 Å². The van der Waals surface area contributed by atoms with Gasteiger partial charge in [-0.3, -0.25) is 0 Å². The second-order valence-electron chi connectivity index (χ2n) is 3.76. The van der Waals surface area contributed by atoms with Crippen LogP contribution < -0.4 is 5.73 Å². The average Bonchev–Trinajstić information content (AvgIpc) is 2.73. The Morgan fingerprint density at radius 3 is 2.69 bits per heavy atom. The Morgan fingerprint density at radius 1 is 1.06 bits per heavy atom. The number of pyridine rings is 1. The van der Waals surface area contributed by atoms with Crippen LogP contribution in [0.4, 0.5) is 5.69 Å². The van der Waals surface area contributed by atoms with Crippen LogP contribution in [0.15, 0.2) is 48.7 Å². The van der Waals surface area contributed by atoms with E-state index in [9.17, 15) is 0 Å². The van der Waals surface area contributed by atoms with E-state index in [0.29, 0.717) is 5.69 Å². The number of hydrogen-bond donors (Lipinski definition) is 2. The van der Waals surface area contributed by atoms with Gasteiger partial charge in [-0.25, -0.2) is 4.98 Å². The van der Waals surface area contributed by atoms with Crippen molar-refractivity contribution in [2.45, 2.75) is 0 Å². The van der Waals surface area contributed by atoms with E-state index in [0.717, 1.165) is 22.3 Å². The van der Waals surface area contributed by atoms with E-state index in [4.69, 9.17) is 5.73 Å². The number of nitrogen functional groups attached to an aromatic ring is 1. The van der Waals surface area contributed by atoms with Crippen molar-refractivity contribution in [1.82, 2.24) is 9.97 Å². The monoisotopic (exact) mass is 209 g/mol. The molecule has 3 nitrogen and oxygen atoms in total. The van der Waals surface area contributed by atoms with Crippen molar-refractivity contribution in [3.05, 3.63) is 48.7 Å². The van der Waals surface area contributed by atoms with Gasteiger partial charge in [-0.15, -0.1) is 0 Å². The third-order valence-corrected chi connectivity index (χ3v) is 2.58. The molecule has 3 heteroatoms. The zero-order chi connectivity index (χ0) is 11.0. The molecule has 1 aromatic carbocycles. The van der Waals surface area contributed by atoms with Crippen LogP contribution in [-0.4, -0.2) is 9.97 Å². The number of hydrogen-bond acceptors (Lipinski definition) is 2. The molecule has 0 spiro atoms. The first kappa shape index (κ1) is 8.97. The highest BCUT2D eigenvalue weighted by Crippen LogP contribution is 2.23. The van der Waals surface area contributed by atoms with Crippen LogP contribution in [0.5, 0.6) is 0 Å². The van der Waals surface area contributed by atoms with E-state index in [1.54, 1.807) is 6.20 Å². The number of aromatic amines is 1. The van der Waals surface area contributed by atoms with E-state index in [1.807, 2.05) is 24.3 Å². The molecule has 0 amide bonds. The van der Waals surface area contributed by atoms with Gasteiger partial charge in [-0.2, -0.15) is 0 Å². The second kappa shape index (κ2) is 3.38. The highest BCUT2D eigenvalue weighted by Gasteiger charge is 2.03. The Hall–Kier alpha value is -2.29. The third-order valence-electron chi connectivity index (χ3n) is 2.58. The molecular formula is C13H11N3. The molecule has 0 atom stereocenters. The zero-order valence-corrected chi connectivity index (χ0v) is 8.64. The number of H-pyrrole nitrogens is 1. The molecular weight excluding hydrogens is 198 g/mol. The fraction of sp³-hybridized carbons (Fsp3) is 0. The van der Waals surface area contributed by atoms with Crippen molar-refractivity contribution in [1.29, 1.82) is 0 Å². The molecule has 0 saturated carbocycles. The summed E-state index contributed by atoms with van der Waals surface area (Å²) in [5, 5.41) is 1.04. The van der Waals surface area contributed by atoms with Gasteiger partial charge in [0.1, 0.15) is 5.65 Å². The lowest BCUT2D eigenvalue weighted by Gasteiger charge is -1.94. The van der Waals surface area contributed by atoms with E-state index in [-0.39, 0.29) is 0 Å². The molecule has 3 rings (SSSR count). The first-order valence-corrected chi connectivity index (χ1v) is 5.12. The molecule has 3 N–H and O–H groups in total. The van der Waals surface area contributed by atoms with Gasteiger partial charge in [0, 0.05) is 11.1 Å². The van der Waals surface area contributed by atoms with Crippen molar-refractivity contribution in [3.8, 4) is 11.3 Å². The van der Waals surface area contributed by atoms with Crippen LogP contribution in [0, 0.1) is 0 Å². The maximum Gasteiger partial charge on any atom is 0.137 e. The summed E-state index contributed by atoms with van der Waals surface area (Å²) >= 11 is 0. The van der Waals surface area contributed by atoms with Crippen molar-refractivity contribution in [3.63, 3.8) is 0 Å². The van der Waals surface area contributed by atoms with E-state index >= 15 is 0 Å². The van der Waals surface area contributed by atoms with Gasteiger partial charge in [0.05, 0.1) is 11.9 Å². The smallest absolute Gasteiger partial charge is 0.137 e. The highest BCUT2D eigenvalue weighted by atomic mass is 14.9. The number of aromatic nitrogens is 2. The molecule has 3 aromatic rings. The molecule has 0 aliphatic heterocycles. The fourth-order valence-corrected chi connectivity index (χ4v) is 1.81. The molecule has 2 aromatic heterocycles. The minimum absolute atomic E-state index is 0.686. The maximum atomic E-state index is 5.70. The van der Waals surface area contributed by atoms with Crippen LogP contribution >= 0.6 is 0 Å². The minimum Gasteiger partial charge on any atom is -0.397 e. The topological polar surface area (TPSA) is 54.7 Å². The van der Waals surface area contributed by atoms with Crippen molar-refractivity contribution >= 4 is 16.7 Å². The van der Waals surface area contributed by atoms with Gasteiger partial charge in [-0.05, 0) is 17.7 Å². The van der Waals surface area contributed by atoms with Crippen molar-refractivity contribution < 1.29 is 0 Å². The van der Waals surface area contributed by atoms with Gasteiger partial charge in [0.15, 0.2) is 0 Å². The Balaban J connectivity index is 2.19. The first-order valence-electron chi connectivity index (χ1n) is 5.12. The summed E-state index contributed by atoms with van der Waals surface area (Å²) < 4.78 is 0. The van der Waals surface area contributed by atoms with Crippen molar-refractivity contribution in [2.24, 2.45) is 0 Å². The lowest BCUT2D eigenvalue weighted by atomic mass is 10.1. The molecule has 0 aliphatic carbocycles. The maximum absolute atomic E-state index is 5.70. The third kappa shape index (κ3) is 1.42. The van der Waals surface area contributed by atoms with Crippen molar-refractivity contribution in [2.75, 3.05) is 5.73 Å². The van der Waals surface area contributed by atoms with E-state index in [1.165, 1.54) is 0 Å². The SMILES string of the molecule is Nc1cnc2[nH]c(-c3ccccc3)cc2c1. The van der Waals surface area contributed by atoms with Crippen LogP contribution in [0.1, 0.15) is 0 Å². The summed E-state index contributed by atoms with van der Waals surface area (Å²) in [5.74, 6) is 0. The molecule has 0 fully saturated rings. The van der Waals surface area contributed by atoms with Crippen LogP contribution in [0.25, 0.3) is 22.3 Å². The van der Waals surface area contributed by atoms with Gasteiger partial charge in [-0.1, -0.05) is 30.3 Å². The molecule has 0 aliphatic rings. The summed E-state index contributed by atoms with van der Waals surface area (Å²) in [5.41, 5.74) is 9.47. The molecule has 0 radical (unpaired) electrons. The zero-order valence-electron chi connectivity index (χ0n) is 8.64. The average molecular weight is 209 g/mol. The number of benzene rings is 1. The van der Waals surface area contributed by atoms with Gasteiger partial charge >= 0.3 is 0 Å². The summed E-state index contributed by atoms with van der Waals surface area (Å²) in [6.07, 6.45) is 1.66. The molecule has 16 heavy (non-hydrogen) atoms. The predicted molar refractivity (Wildman–Crippen MR) is 65.9 cm³/mol. The van der Waals surface area contributed by atoms with Crippen LogP contribution in [0.3, 0.4) is 0 Å². The summed E-state index contributed by atoms with van der Waals surface area (Å²) in [6.45, 7) is 0. The standard InChI is InChI=1S/C13H11N3/c14-11-6-10-7-12(16-13(10)15-8-11)9-4-2-1-3-5-9/h1-8H,14H2,(H,15,16). The number of nitrogens with zero attached hydrogens (tertiary/aromatic N) is 1. The number of fused-ring (bicyclic) bond motifs is 1. The number of rotatable bonds is 1. The molecule has 0 saturated heterocycles. The number of nitrogens with one attached hydrogen (secondary N) is 1. The summed E-state index contributed by atoms with van der Waals surface area (Å²) in [6, 6.07) is 14.1. The molecule has 2 heterocycles. The second-order valence-corrected chi connectivity index (χ2v) is 3.76. The molecule has 0 unspecified atom stereocenters. The van der Waals surface area contributed by atoms with Crippen LogP contribution in [0.2, 0.25) is 0 Å². The van der Waals surface area contributed by atoms with Gasteiger partial charge in [0.2, 0.25) is 0 Å². The minimum atomic E-state index is 0.686. The first-order chi connectivity index (χ1) is 7.83. The Labute approximate surface area is 92.9 Å². The number of anilines is 1. The largest absolute Gasteiger partial charge is 0.397 e. The van der Waals surface area contributed by atoms with Gasteiger partial charge < -0.3 is 10.7 Å². The van der Waals surface area contributed by atoms with E-state index < -0.39 is 0 Å².